The number of azo groups is 1. The molecule has 0 bridgehead atoms. The molecular formula is C15H30BrCl2N9. The first-order valence-electron chi connectivity index (χ1n) is 8.43. The summed E-state index contributed by atoms with van der Waals surface area (Å²) < 4.78 is 5.82. The smallest absolute Gasteiger partial charge is 0.421 e. The predicted molar refractivity (Wildman–Crippen MR) is 108 cm³/mol. The van der Waals surface area contributed by atoms with Crippen LogP contribution in [0.4, 0.5) is 17.5 Å². The SMILES string of the molecule is CCCn1ncc(/N=N/c2n(CCCN)cc[n+]2CCCN)c1N.Cl.Cl.[Br-]. The molecule has 12 heteroatoms. The quantitative estimate of drug-likeness (QED) is 0.291. The summed E-state index contributed by atoms with van der Waals surface area (Å²) in [4.78, 5) is 0. The molecule has 9 nitrogen and oxygen atoms in total. The minimum Gasteiger partial charge on any atom is -1.00 e. The Morgan fingerprint density at radius 3 is 2.44 bits per heavy atom. The Labute approximate surface area is 183 Å². The van der Waals surface area contributed by atoms with Crippen LogP contribution in [0.3, 0.4) is 0 Å². The Morgan fingerprint density at radius 2 is 1.81 bits per heavy atom. The lowest BCUT2D eigenvalue weighted by Gasteiger charge is -2.00. The van der Waals surface area contributed by atoms with Crippen LogP contribution in [0, 0.1) is 0 Å². The van der Waals surface area contributed by atoms with Crippen molar-refractivity contribution in [3.8, 4) is 0 Å². The van der Waals surface area contributed by atoms with Gasteiger partial charge in [0, 0.05) is 11.7 Å². The summed E-state index contributed by atoms with van der Waals surface area (Å²) in [7, 11) is 0. The number of hydrogen-bond acceptors (Lipinski definition) is 6. The largest absolute Gasteiger partial charge is 1.00 e. The topological polar surface area (TPSA) is 129 Å². The van der Waals surface area contributed by atoms with Gasteiger partial charge in [-0.25, -0.2) is 13.8 Å². The van der Waals surface area contributed by atoms with Crippen LogP contribution in [0.2, 0.25) is 0 Å². The first kappa shape index (κ1) is 28.0. The van der Waals surface area contributed by atoms with Gasteiger partial charge in [-0.15, -0.1) is 24.8 Å². The van der Waals surface area contributed by atoms with E-state index in [4.69, 9.17) is 17.2 Å². The minimum atomic E-state index is 0. The molecule has 0 aliphatic heterocycles. The van der Waals surface area contributed by atoms with Crippen molar-refractivity contribution in [1.29, 1.82) is 0 Å². The summed E-state index contributed by atoms with van der Waals surface area (Å²) in [5.74, 6) is 1.30. The van der Waals surface area contributed by atoms with E-state index in [1.807, 2.05) is 21.5 Å². The lowest BCUT2D eigenvalue weighted by atomic mass is 10.4. The predicted octanol–water partition coefficient (Wildman–Crippen LogP) is -1.08. The summed E-state index contributed by atoms with van der Waals surface area (Å²) in [6.45, 7) is 5.70. The van der Waals surface area contributed by atoms with Crippen LogP contribution in [0.15, 0.2) is 28.8 Å². The normalized spacial score (nSPS) is 10.3. The Morgan fingerprint density at radius 1 is 1.11 bits per heavy atom. The number of rotatable bonds is 10. The zero-order valence-electron chi connectivity index (χ0n) is 15.5. The molecule has 0 atom stereocenters. The summed E-state index contributed by atoms with van der Waals surface area (Å²) in [6, 6.07) is 0. The number of hydrogen-bond donors (Lipinski definition) is 3. The fourth-order valence-electron chi connectivity index (χ4n) is 2.40. The number of aromatic nitrogens is 4. The van der Waals surface area contributed by atoms with E-state index < -0.39 is 0 Å². The van der Waals surface area contributed by atoms with Crippen molar-refractivity contribution in [3.05, 3.63) is 18.6 Å². The van der Waals surface area contributed by atoms with Gasteiger partial charge in [-0.05, 0) is 32.4 Å². The molecule has 0 radical (unpaired) electrons. The molecule has 2 aromatic heterocycles. The van der Waals surface area contributed by atoms with Crippen LogP contribution in [-0.2, 0) is 19.6 Å². The van der Waals surface area contributed by atoms with Crippen molar-refractivity contribution >= 4 is 42.3 Å². The van der Waals surface area contributed by atoms with Gasteiger partial charge in [0.15, 0.2) is 11.5 Å². The first-order valence-corrected chi connectivity index (χ1v) is 8.43. The van der Waals surface area contributed by atoms with Gasteiger partial charge >= 0.3 is 5.95 Å². The van der Waals surface area contributed by atoms with E-state index in [1.165, 1.54) is 0 Å². The van der Waals surface area contributed by atoms with E-state index in [9.17, 15) is 0 Å². The third-order valence-electron chi connectivity index (χ3n) is 3.69. The maximum absolute atomic E-state index is 6.07. The zero-order valence-corrected chi connectivity index (χ0v) is 18.7. The van der Waals surface area contributed by atoms with Crippen LogP contribution in [0.5, 0.6) is 0 Å². The van der Waals surface area contributed by atoms with Gasteiger partial charge in [0.05, 0.1) is 31.7 Å². The second-order valence-electron chi connectivity index (χ2n) is 5.61. The Balaban J connectivity index is 0. The van der Waals surface area contributed by atoms with E-state index in [2.05, 4.69) is 22.3 Å². The lowest BCUT2D eigenvalue weighted by molar-refractivity contribution is -0.683. The number of imidazole rings is 1. The molecule has 2 rings (SSSR count). The van der Waals surface area contributed by atoms with Crippen LogP contribution < -0.4 is 38.7 Å². The van der Waals surface area contributed by atoms with Gasteiger partial charge in [-0.3, -0.25) is 0 Å². The number of nitrogens with zero attached hydrogens (tertiary/aromatic N) is 6. The number of nitrogens with two attached hydrogens (primary N) is 3. The van der Waals surface area contributed by atoms with E-state index >= 15 is 0 Å². The lowest BCUT2D eigenvalue weighted by Crippen LogP contribution is -3.00. The molecule has 2 aromatic rings. The summed E-state index contributed by atoms with van der Waals surface area (Å²) in [5.41, 5.74) is 17.9. The second-order valence-corrected chi connectivity index (χ2v) is 5.61. The van der Waals surface area contributed by atoms with Crippen molar-refractivity contribution in [2.45, 2.75) is 45.8 Å². The summed E-state index contributed by atoms with van der Waals surface area (Å²) in [6.07, 6.45) is 8.35. The van der Waals surface area contributed by atoms with Crippen molar-refractivity contribution in [1.82, 2.24) is 14.3 Å². The van der Waals surface area contributed by atoms with Gasteiger partial charge in [0.1, 0.15) is 0 Å². The molecule has 6 N–H and O–H groups in total. The van der Waals surface area contributed by atoms with E-state index in [0.717, 1.165) is 44.8 Å². The number of halogens is 3. The molecule has 0 amide bonds. The molecule has 2 heterocycles. The second kappa shape index (κ2) is 14.8. The number of nitrogen functional groups attached to an aromatic ring is 1. The standard InChI is InChI=1S/C15H27N9.BrH.2ClH/c1-2-7-24-14(18)13(12-19-24)20-21-15-22(8-3-5-16)10-11-23(15)9-4-6-17;;;/h10-12,18H,2-9,16-17H2,1H3;3*1H. The maximum Gasteiger partial charge on any atom is 0.421 e. The fourth-order valence-corrected chi connectivity index (χ4v) is 2.40. The van der Waals surface area contributed by atoms with E-state index in [0.29, 0.717) is 24.6 Å². The Bertz CT molecular complexity index is 647. The Kier molecular flexibility index (Phi) is 15.4. The third kappa shape index (κ3) is 7.74. The highest BCUT2D eigenvalue weighted by Crippen LogP contribution is 2.23. The van der Waals surface area contributed by atoms with Gasteiger partial charge in [-0.2, -0.15) is 5.10 Å². The molecule has 0 saturated carbocycles. The molecule has 27 heavy (non-hydrogen) atoms. The number of aryl methyl sites for hydroxylation is 3. The van der Waals surface area contributed by atoms with Gasteiger partial charge in [-0.1, -0.05) is 12.0 Å². The van der Waals surface area contributed by atoms with Gasteiger partial charge < -0.3 is 34.2 Å². The van der Waals surface area contributed by atoms with Crippen molar-refractivity contribution in [3.63, 3.8) is 0 Å². The average Bonchev–Trinajstić information content (AvgIpc) is 3.13. The first-order chi connectivity index (χ1) is 11.7. The molecule has 0 fully saturated rings. The summed E-state index contributed by atoms with van der Waals surface area (Å²) >= 11 is 0. The molecule has 156 valence electrons. The van der Waals surface area contributed by atoms with Crippen LogP contribution >= 0.6 is 24.8 Å². The summed E-state index contributed by atoms with van der Waals surface area (Å²) in [5, 5.41) is 13.0. The van der Waals surface area contributed by atoms with Gasteiger partial charge in [0.25, 0.3) is 0 Å². The highest BCUT2D eigenvalue weighted by Gasteiger charge is 2.17. The monoisotopic (exact) mass is 485 g/mol. The molecule has 0 spiro atoms. The minimum absolute atomic E-state index is 0. The van der Waals surface area contributed by atoms with Crippen LogP contribution in [-0.4, -0.2) is 27.4 Å². The fraction of sp³-hybridized carbons (Fsp3) is 0.600. The van der Waals surface area contributed by atoms with Crippen LogP contribution in [0.25, 0.3) is 0 Å². The van der Waals surface area contributed by atoms with E-state index in [-0.39, 0.29) is 41.8 Å². The molecule has 0 saturated heterocycles. The zero-order chi connectivity index (χ0) is 17.4. The van der Waals surface area contributed by atoms with Gasteiger partial charge in [0.2, 0.25) is 0 Å². The van der Waals surface area contributed by atoms with Crippen LogP contribution in [0.1, 0.15) is 26.2 Å². The molecule has 0 unspecified atom stereocenters. The molecule has 0 aliphatic rings. The van der Waals surface area contributed by atoms with Crippen molar-refractivity contribution in [2.75, 3.05) is 18.8 Å². The highest BCUT2D eigenvalue weighted by atomic mass is 79.9. The Hall–Kier alpha value is -1.20. The average molecular weight is 487 g/mol. The highest BCUT2D eigenvalue weighted by molar-refractivity contribution is 5.85. The molecule has 0 aliphatic carbocycles. The third-order valence-corrected chi connectivity index (χ3v) is 3.69. The van der Waals surface area contributed by atoms with E-state index in [1.54, 1.807) is 10.9 Å². The van der Waals surface area contributed by atoms with Crippen molar-refractivity contribution in [2.24, 2.45) is 21.7 Å². The van der Waals surface area contributed by atoms with Crippen molar-refractivity contribution < 1.29 is 21.5 Å². The molecule has 0 aromatic carbocycles. The molecular weight excluding hydrogens is 457 g/mol. The number of anilines is 1. The maximum atomic E-state index is 6.07.